The van der Waals surface area contributed by atoms with Gasteiger partial charge >= 0.3 is 5.97 Å². The van der Waals surface area contributed by atoms with Gasteiger partial charge in [0.05, 0.1) is 13.0 Å². The van der Waals surface area contributed by atoms with Gasteiger partial charge in [-0.15, -0.1) is 0 Å². The number of carbonyl (C=O) groups is 1. The maximum absolute atomic E-state index is 11.4. The molecule has 1 saturated carbocycles. The fraction of sp³-hybridized carbons (Fsp3) is 0.909. The highest BCUT2D eigenvalue weighted by Crippen LogP contribution is 2.35. The zero-order chi connectivity index (χ0) is 9.97. The lowest BCUT2D eigenvalue weighted by Gasteiger charge is -2.38. The predicted octanol–water partition coefficient (Wildman–Crippen LogP) is 1.19. The maximum atomic E-state index is 11.4. The number of rotatable bonds is 2. The van der Waals surface area contributed by atoms with Crippen LogP contribution in [0.25, 0.3) is 0 Å². The summed E-state index contributed by atoms with van der Waals surface area (Å²) in [4.78, 5) is 11.4. The summed E-state index contributed by atoms with van der Waals surface area (Å²) >= 11 is 0. The second kappa shape index (κ2) is 4.30. The van der Waals surface area contributed by atoms with E-state index in [1.807, 2.05) is 0 Å². The highest BCUT2D eigenvalue weighted by atomic mass is 16.5. The van der Waals surface area contributed by atoms with Crippen molar-refractivity contribution in [1.82, 2.24) is 5.32 Å². The normalized spacial score (nSPS) is 33.5. The first-order chi connectivity index (χ1) is 6.81. The van der Waals surface area contributed by atoms with Gasteiger partial charge in [-0.3, -0.25) is 4.79 Å². The van der Waals surface area contributed by atoms with E-state index in [0.717, 1.165) is 37.8 Å². The molecule has 2 rings (SSSR count). The molecule has 3 nitrogen and oxygen atoms in total. The predicted molar refractivity (Wildman–Crippen MR) is 53.8 cm³/mol. The molecule has 1 saturated heterocycles. The van der Waals surface area contributed by atoms with E-state index >= 15 is 0 Å². The van der Waals surface area contributed by atoms with Gasteiger partial charge in [0.15, 0.2) is 0 Å². The van der Waals surface area contributed by atoms with E-state index in [9.17, 15) is 4.79 Å². The quantitative estimate of drug-likeness (QED) is 0.676. The third kappa shape index (κ3) is 1.92. The van der Waals surface area contributed by atoms with Crippen molar-refractivity contribution in [3.63, 3.8) is 0 Å². The Morgan fingerprint density at radius 1 is 1.29 bits per heavy atom. The minimum absolute atomic E-state index is 0.00184. The van der Waals surface area contributed by atoms with Crippen molar-refractivity contribution in [3.8, 4) is 0 Å². The SMILES string of the molecule is COC(=O)C1CCCC(C2CNC2)C1. The fourth-order valence-corrected chi connectivity index (χ4v) is 2.68. The number of esters is 1. The first-order valence-electron chi connectivity index (χ1n) is 5.60. The molecule has 3 heteroatoms. The molecule has 0 aromatic heterocycles. The Balaban J connectivity index is 1.86. The smallest absolute Gasteiger partial charge is 0.308 e. The number of methoxy groups -OCH3 is 1. The van der Waals surface area contributed by atoms with Crippen molar-refractivity contribution >= 4 is 5.97 Å². The number of hydrogen-bond acceptors (Lipinski definition) is 3. The van der Waals surface area contributed by atoms with Crippen LogP contribution in [0.2, 0.25) is 0 Å². The van der Waals surface area contributed by atoms with E-state index in [2.05, 4.69) is 5.32 Å². The lowest BCUT2D eigenvalue weighted by Crippen LogP contribution is -2.47. The largest absolute Gasteiger partial charge is 0.469 e. The second-order valence-corrected chi connectivity index (χ2v) is 4.57. The lowest BCUT2D eigenvalue weighted by atomic mass is 9.73. The molecule has 0 radical (unpaired) electrons. The van der Waals surface area contributed by atoms with Gasteiger partial charge in [-0.1, -0.05) is 12.8 Å². The van der Waals surface area contributed by atoms with Crippen LogP contribution in [0.15, 0.2) is 0 Å². The monoisotopic (exact) mass is 197 g/mol. The molecule has 80 valence electrons. The molecule has 0 spiro atoms. The van der Waals surface area contributed by atoms with Crippen LogP contribution < -0.4 is 5.32 Å². The van der Waals surface area contributed by atoms with Gasteiger partial charge in [0.1, 0.15) is 0 Å². The summed E-state index contributed by atoms with van der Waals surface area (Å²) in [6, 6.07) is 0. The summed E-state index contributed by atoms with van der Waals surface area (Å²) in [7, 11) is 1.50. The molecule has 0 bridgehead atoms. The molecular formula is C11H19NO2. The molecule has 1 heterocycles. The number of ether oxygens (including phenoxy) is 1. The van der Waals surface area contributed by atoms with Crippen LogP contribution in [-0.2, 0) is 9.53 Å². The molecule has 0 aromatic rings. The Bertz CT molecular complexity index is 213. The topological polar surface area (TPSA) is 38.3 Å². The minimum Gasteiger partial charge on any atom is -0.469 e. The molecule has 1 aliphatic carbocycles. The van der Waals surface area contributed by atoms with Crippen molar-refractivity contribution < 1.29 is 9.53 Å². The van der Waals surface area contributed by atoms with Crippen molar-refractivity contribution in [2.45, 2.75) is 25.7 Å². The standard InChI is InChI=1S/C11H19NO2/c1-14-11(13)9-4-2-3-8(5-9)10-6-12-7-10/h8-10,12H,2-7H2,1H3. The highest BCUT2D eigenvalue weighted by molar-refractivity contribution is 5.72. The summed E-state index contributed by atoms with van der Waals surface area (Å²) in [5.41, 5.74) is 0. The summed E-state index contributed by atoms with van der Waals surface area (Å²) < 4.78 is 4.81. The third-order valence-electron chi connectivity index (χ3n) is 3.73. The zero-order valence-electron chi connectivity index (χ0n) is 8.79. The van der Waals surface area contributed by atoms with Crippen LogP contribution in [0.4, 0.5) is 0 Å². The molecule has 0 amide bonds. The summed E-state index contributed by atoms with van der Waals surface area (Å²) in [5.74, 6) is 1.76. The van der Waals surface area contributed by atoms with Gasteiger partial charge in [-0.05, 0) is 37.8 Å². The molecule has 2 aliphatic rings. The highest BCUT2D eigenvalue weighted by Gasteiger charge is 2.34. The van der Waals surface area contributed by atoms with Gasteiger partial charge in [0.2, 0.25) is 0 Å². The molecule has 2 atom stereocenters. The molecule has 1 aliphatic heterocycles. The Morgan fingerprint density at radius 3 is 2.64 bits per heavy atom. The lowest BCUT2D eigenvalue weighted by molar-refractivity contribution is -0.147. The van der Waals surface area contributed by atoms with Crippen LogP contribution in [-0.4, -0.2) is 26.2 Å². The van der Waals surface area contributed by atoms with Gasteiger partial charge in [0.25, 0.3) is 0 Å². The summed E-state index contributed by atoms with van der Waals surface area (Å²) in [5, 5.41) is 3.30. The molecule has 14 heavy (non-hydrogen) atoms. The van der Waals surface area contributed by atoms with Crippen LogP contribution in [0.1, 0.15) is 25.7 Å². The molecule has 1 N–H and O–H groups in total. The Morgan fingerprint density at radius 2 is 2.07 bits per heavy atom. The van der Waals surface area contributed by atoms with Gasteiger partial charge in [0, 0.05) is 0 Å². The van der Waals surface area contributed by atoms with Crippen molar-refractivity contribution in [1.29, 1.82) is 0 Å². The average molecular weight is 197 g/mol. The molecular weight excluding hydrogens is 178 g/mol. The van der Waals surface area contributed by atoms with Gasteiger partial charge < -0.3 is 10.1 Å². The van der Waals surface area contributed by atoms with E-state index in [0.29, 0.717) is 0 Å². The van der Waals surface area contributed by atoms with E-state index in [1.54, 1.807) is 0 Å². The van der Waals surface area contributed by atoms with Gasteiger partial charge in [-0.25, -0.2) is 0 Å². The second-order valence-electron chi connectivity index (χ2n) is 4.57. The Hall–Kier alpha value is -0.570. The average Bonchev–Trinajstić information content (AvgIpc) is 2.14. The third-order valence-corrected chi connectivity index (χ3v) is 3.73. The molecule has 0 aromatic carbocycles. The summed E-state index contributed by atoms with van der Waals surface area (Å²) in [6.07, 6.45) is 4.59. The Labute approximate surface area is 85.2 Å². The first kappa shape index (κ1) is 9.97. The first-order valence-corrected chi connectivity index (χ1v) is 5.60. The van der Waals surface area contributed by atoms with Crippen LogP contribution in [0.3, 0.4) is 0 Å². The van der Waals surface area contributed by atoms with E-state index in [-0.39, 0.29) is 11.9 Å². The number of carbonyl (C=O) groups excluding carboxylic acids is 1. The van der Waals surface area contributed by atoms with Crippen LogP contribution >= 0.6 is 0 Å². The van der Waals surface area contributed by atoms with Crippen molar-refractivity contribution in [2.75, 3.05) is 20.2 Å². The maximum Gasteiger partial charge on any atom is 0.308 e. The summed E-state index contributed by atoms with van der Waals surface area (Å²) in [6.45, 7) is 2.30. The van der Waals surface area contributed by atoms with Crippen molar-refractivity contribution in [2.24, 2.45) is 17.8 Å². The molecule has 2 unspecified atom stereocenters. The number of hydrogen-bond donors (Lipinski definition) is 1. The van der Waals surface area contributed by atoms with Crippen molar-refractivity contribution in [3.05, 3.63) is 0 Å². The van der Waals surface area contributed by atoms with Crippen LogP contribution in [0.5, 0.6) is 0 Å². The van der Waals surface area contributed by atoms with E-state index < -0.39 is 0 Å². The van der Waals surface area contributed by atoms with Crippen LogP contribution in [0, 0.1) is 17.8 Å². The van der Waals surface area contributed by atoms with Gasteiger partial charge in [-0.2, -0.15) is 0 Å². The zero-order valence-corrected chi connectivity index (χ0v) is 8.79. The Kier molecular flexibility index (Phi) is 3.06. The number of nitrogens with one attached hydrogen (secondary N) is 1. The molecule has 2 fully saturated rings. The minimum atomic E-state index is 0.00184. The van der Waals surface area contributed by atoms with E-state index in [4.69, 9.17) is 4.74 Å². The van der Waals surface area contributed by atoms with E-state index in [1.165, 1.54) is 20.0 Å². The fourth-order valence-electron chi connectivity index (χ4n) is 2.68.